The van der Waals surface area contributed by atoms with Gasteiger partial charge in [-0.15, -0.1) is 5.10 Å². The highest BCUT2D eigenvalue weighted by Crippen LogP contribution is 2.08. The fraction of sp³-hybridized carbons (Fsp3) is 0.273. The molecule has 0 saturated carbocycles. The Morgan fingerprint density at radius 2 is 2.39 bits per heavy atom. The summed E-state index contributed by atoms with van der Waals surface area (Å²) in [6.07, 6.45) is 1.47. The van der Waals surface area contributed by atoms with Gasteiger partial charge in [0.05, 0.1) is 12.3 Å². The third-order valence-electron chi connectivity index (χ3n) is 2.31. The summed E-state index contributed by atoms with van der Waals surface area (Å²) in [7, 11) is 1.59. The van der Waals surface area contributed by atoms with Crippen LogP contribution < -0.4 is 5.32 Å². The van der Waals surface area contributed by atoms with Gasteiger partial charge >= 0.3 is 0 Å². The Bertz CT molecular complexity index is 512. The highest BCUT2D eigenvalue weighted by atomic mass is 16.5. The zero-order valence-electron chi connectivity index (χ0n) is 9.91. The Hall–Kier alpha value is -2.28. The smallest absolute Gasteiger partial charge is 0.251 e. The van der Waals surface area contributed by atoms with E-state index in [9.17, 15) is 4.79 Å². The standard InChI is InChI=1S/C11H13N5O2/c1-18-6-5-12-11(17)9-3-2-4-10(7-9)16-8-13-14-15-16/h2-4,7-8H,5-6H2,1H3,(H,12,17). The van der Waals surface area contributed by atoms with E-state index < -0.39 is 0 Å². The molecule has 0 unspecified atom stereocenters. The number of carbonyl (C=O) groups excluding carboxylic acids is 1. The summed E-state index contributed by atoms with van der Waals surface area (Å²) in [6, 6.07) is 7.05. The Balaban J connectivity index is 2.10. The quantitative estimate of drug-likeness (QED) is 0.754. The molecular weight excluding hydrogens is 234 g/mol. The average molecular weight is 247 g/mol. The SMILES string of the molecule is COCCNC(=O)c1cccc(-n2cnnn2)c1. The molecule has 2 aromatic rings. The second-order valence-electron chi connectivity index (χ2n) is 3.55. The van der Waals surface area contributed by atoms with Crippen LogP contribution in [0, 0.1) is 0 Å². The lowest BCUT2D eigenvalue weighted by Crippen LogP contribution is -2.26. The topological polar surface area (TPSA) is 81.9 Å². The molecular formula is C11H13N5O2. The van der Waals surface area contributed by atoms with Crippen molar-refractivity contribution in [3.05, 3.63) is 36.2 Å². The summed E-state index contributed by atoms with van der Waals surface area (Å²) in [5.41, 5.74) is 1.29. The first-order chi connectivity index (χ1) is 8.81. The predicted octanol–water partition coefficient (Wildman–Crippen LogP) is 0.0385. The average Bonchev–Trinajstić information content (AvgIpc) is 2.93. The molecule has 0 spiro atoms. The van der Waals surface area contributed by atoms with Crippen molar-refractivity contribution in [2.75, 3.05) is 20.3 Å². The van der Waals surface area contributed by atoms with Gasteiger partial charge in [-0.2, -0.15) is 0 Å². The second kappa shape index (κ2) is 5.87. The predicted molar refractivity (Wildman–Crippen MR) is 63.4 cm³/mol. The number of methoxy groups -OCH3 is 1. The number of aromatic nitrogens is 4. The van der Waals surface area contributed by atoms with Crippen molar-refractivity contribution in [1.29, 1.82) is 0 Å². The Morgan fingerprint density at radius 3 is 3.11 bits per heavy atom. The molecule has 7 heteroatoms. The van der Waals surface area contributed by atoms with Crippen LogP contribution in [0.1, 0.15) is 10.4 Å². The van der Waals surface area contributed by atoms with Gasteiger partial charge in [-0.25, -0.2) is 4.68 Å². The fourth-order valence-electron chi connectivity index (χ4n) is 1.44. The summed E-state index contributed by atoms with van der Waals surface area (Å²) in [6.45, 7) is 0.961. The summed E-state index contributed by atoms with van der Waals surface area (Å²) >= 11 is 0. The van der Waals surface area contributed by atoms with Gasteiger partial charge in [0, 0.05) is 19.2 Å². The Kier molecular flexibility index (Phi) is 3.98. The van der Waals surface area contributed by atoms with Gasteiger partial charge in [-0.3, -0.25) is 4.79 Å². The summed E-state index contributed by atoms with van der Waals surface area (Å²) in [5.74, 6) is -0.151. The third kappa shape index (κ3) is 2.89. The van der Waals surface area contributed by atoms with Crippen LogP contribution in [0.3, 0.4) is 0 Å². The molecule has 0 aliphatic rings. The van der Waals surface area contributed by atoms with Gasteiger partial charge in [0.25, 0.3) is 5.91 Å². The van der Waals surface area contributed by atoms with Crippen LogP contribution in [0.2, 0.25) is 0 Å². The first-order valence-electron chi connectivity index (χ1n) is 5.42. The van der Waals surface area contributed by atoms with Crippen molar-refractivity contribution in [2.45, 2.75) is 0 Å². The Labute approximate surface area is 104 Å². The number of rotatable bonds is 5. The number of benzene rings is 1. The number of hydrogen-bond donors (Lipinski definition) is 1. The maximum atomic E-state index is 11.8. The molecule has 7 nitrogen and oxygen atoms in total. The molecule has 18 heavy (non-hydrogen) atoms. The van der Waals surface area contributed by atoms with E-state index >= 15 is 0 Å². The summed E-state index contributed by atoms with van der Waals surface area (Å²) in [5, 5.41) is 13.6. The van der Waals surface area contributed by atoms with Crippen LogP contribution >= 0.6 is 0 Å². The van der Waals surface area contributed by atoms with Crippen molar-refractivity contribution >= 4 is 5.91 Å². The number of nitrogens with zero attached hydrogens (tertiary/aromatic N) is 4. The molecule has 0 radical (unpaired) electrons. The molecule has 0 bridgehead atoms. The van der Waals surface area contributed by atoms with Gasteiger partial charge in [-0.1, -0.05) is 6.07 Å². The molecule has 1 heterocycles. The van der Waals surface area contributed by atoms with E-state index in [1.54, 1.807) is 25.3 Å². The molecule has 0 saturated heterocycles. The molecule has 1 aromatic carbocycles. The lowest BCUT2D eigenvalue weighted by molar-refractivity contribution is 0.0937. The summed E-state index contributed by atoms with van der Waals surface area (Å²) in [4.78, 5) is 11.8. The van der Waals surface area contributed by atoms with Crippen LogP contribution in [0.25, 0.3) is 5.69 Å². The maximum Gasteiger partial charge on any atom is 0.251 e. The largest absolute Gasteiger partial charge is 0.383 e. The minimum Gasteiger partial charge on any atom is -0.383 e. The van der Waals surface area contributed by atoms with Gasteiger partial charge in [0.15, 0.2) is 0 Å². The lowest BCUT2D eigenvalue weighted by Gasteiger charge is -2.06. The first-order valence-corrected chi connectivity index (χ1v) is 5.42. The number of nitrogens with one attached hydrogen (secondary N) is 1. The number of hydrogen-bond acceptors (Lipinski definition) is 5. The van der Waals surface area contributed by atoms with Gasteiger partial charge in [0.1, 0.15) is 6.33 Å². The van der Waals surface area contributed by atoms with E-state index in [4.69, 9.17) is 4.74 Å². The van der Waals surface area contributed by atoms with Crippen molar-refractivity contribution < 1.29 is 9.53 Å². The van der Waals surface area contributed by atoms with E-state index in [1.807, 2.05) is 6.07 Å². The second-order valence-corrected chi connectivity index (χ2v) is 3.55. The molecule has 94 valence electrons. The van der Waals surface area contributed by atoms with Crippen LogP contribution in [0.15, 0.2) is 30.6 Å². The van der Waals surface area contributed by atoms with Crippen LogP contribution in [-0.2, 0) is 4.74 Å². The third-order valence-corrected chi connectivity index (χ3v) is 2.31. The first kappa shape index (κ1) is 12.2. The van der Waals surface area contributed by atoms with E-state index in [0.29, 0.717) is 18.7 Å². The number of amides is 1. The molecule has 1 N–H and O–H groups in total. The van der Waals surface area contributed by atoms with Gasteiger partial charge in [-0.05, 0) is 28.6 Å². The van der Waals surface area contributed by atoms with E-state index in [2.05, 4.69) is 20.8 Å². The highest BCUT2D eigenvalue weighted by Gasteiger charge is 2.06. The zero-order valence-corrected chi connectivity index (χ0v) is 9.91. The fourth-order valence-corrected chi connectivity index (χ4v) is 1.44. The minimum absolute atomic E-state index is 0.151. The van der Waals surface area contributed by atoms with Gasteiger partial charge in [0.2, 0.25) is 0 Å². The van der Waals surface area contributed by atoms with Gasteiger partial charge < -0.3 is 10.1 Å². The molecule has 1 aromatic heterocycles. The van der Waals surface area contributed by atoms with E-state index in [-0.39, 0.29) is 5.91 Å². The normalized spacial score (nSPS) is 10.3. The number of tetrazole rings is 1. The van der Waals surface area contributed by atoms with Crippen molar-refractivity contribution in [3.8, 4) is 5.69 Å². The molecule has 0 atom stereocenters. The lowest BCUT2D eigenvalue weighted by atomic mass is 10.2. The molecule has 1 amide bonds. The van der Waals surface area contributed by atoms with E-state index in [1.165, 1.54) is 11.0 Å². The molecule has 0 fully saturated rings. The number of ether oxygens (including phenoxy) is 1. The molecule has 0 aliphatic carbocycles. The van der Waals surface area contributed by atoms with Crippen molar-refractivity contribution in [3.63, 3.8) is 0 Å². The van der Waals surface area contributed by atoms with Crippen molar-refractivity contribution in [2.24, 2.45) is 0 Å². The monoisotopic (exact) mass is 247 g/mol. The Morgan fingerprint density at radius 1 is 1.50 bits per heavy atom. The maximum absolute atomic E-state index is 11.8. The molecule has 2 rings (SSSR count). The van der Waals surface area contributed by atoms with Crippen LogP contribution in [0.5, 0.6) is 0 Å². The zero-order chi connectivity index (χ0) is 12.8. The highest BCUT2D eigenvalue weighted by molar-refractivity contribution is 5.94. The minimum atomic E-state index is -0.151. The van der Waals surface area contributed by atoms with Crippen LogP contribution in [-0.4, -0.2) is 46.4 Å². The van der Waals surface area contributed by atoms with E-state index in [0.717, 1.165) is 5.69 Å². The van der Waals surface area contributed by atoms with Crippen LogP contribution in [0.4, 0.5) is 0 Å². The number of carbonyl (C=O) groups is 1. The summed E-state index contributed by atoms with van der Waals surface area (Å²) < 4.78 is 6.36. The molecule has 0 aliphatic heterocycles. The van der Waals surface area contributed by atoms with Crippen molar-refractivity contribution in [1.82, 2.24) is 25.5 Å².